The second-order valence-corrected chi connectivity index (χ2v) is 6.57. The molecular weight excluding hydrogens is 314 g/mol. The van der Waals surface area contributed by atoms with Crippen LogP contribution in [0.15, 0.2) is 51.3 Å². The lowest BCUT2D eigenvalue weighted by Gasteiger charge is -1.96. The molecule has 0 spiro atoms. The maximum Gasteiger partial charge on any atom is 0.0736 e. The van der Waals surface area contributed by atoms with Crippen LogP contribution in [0.3, 0.4) is 0 Å². The molecule has 4 heteroatoms. The summed E-state index contributed by atoms with van der Waals surface area (Å²) in [4.78, 5) is 4.81. The second-order valence-electron chi connectivity index (χ2n) is 3.70. The summed E-state index contributed by atoms with van der Waals surface area (Å²) in [5, 5.41) is 4.62. The fourth-order valence-corrected chi connectivity index (χ4v) is 4.44. The van der Waals surface area contributed by atoms with Crippen molar-refractivity contribution < 1.29 is 0 Å². The van der Waals surface area contributed by atoms with Gasteiger partial charge in [0.05, 0.1) is 5.03 Å². The Bertz CT molecular complexity index is 608. The Kier molecular flexibility index (Phi) is 3.27. The van der Waals surface area contributed by atoms with Crippen molar-refractivity contribution in [2.24, 2.45) is 0 Å². The van der Waals surface area contributed by atoms with Gasteiger partial charge in [-0.1, -0.05) is 18.2 Å². The molecule has 0 aliphatic rings. The van der Waals surface area contributed by atoms with Crippen molar-refractivity contribution >= 4 is 49.9 Å². The summed E-state index contributed by atoms with van der Waals surface area (Å²) in [6, 6.07) is 12.7. The van der Waals surface area contributed by atoms with Gasteiger partial charge in [0.25, 0.3) is 0 Å². The molecule has 0 aliphatic heterocycles. The van der Waals surface area contributed by atoms with E-state index in [9.17, 15) is 0 Å². The van der Waals surface area contributed by atoms with E-state index in [2.05, 4.69) is 62.7 Å². The minimum Gasteiger partial charge on any atom is -0.350 e. The van der Waals surface area contributed by atoms with Gasteiger partial charge in [-0.05, 0) is 39.5 Å². The second kappa shape index (κ2) is 4.88. The van der Waals surface area contributed by atoms with E-state index in [4.69, 9.17) is 0 Å². The number of rotatable bonds is 3. The zero-order valence-electron chi connectivity index (χ0n) is 8.94. The zero-order chi connectivity index (χ0) is 11.7. The van der Waals surface area contributed by atoms with E-state index in [1.165, 1.54) is 25.3 Å². The Morgan fingerprint density at radius 1 is 1.24 bits per heavy atom. The molecule has 1 aromatic carbocycles. The van der Waals surface area contributed by atoms with Gasteiger partial charge >= 0.3 is 0 Å². The largest absolute Gasteiger partial charge is 0.350 e. The average Bonchev–Trinajstić information content (AvgIpc) is 2.92. The molecule has 0 unspecified atom stereocenters. The van der Waals surface area contributed by atoms with Gasteiger partial charge in [-0.2, -0.15) is 0 Å². The molecule has 3 rings (SSSR count). The van der Waals surface area contributed by atoms with Gasteiger partial charge in [0.2, 0.25) is 0 Å². The minimum absolute atomic E-state index is 1.01. The topological polar surface area (TPSA) is 15.8 Å². The Morgan fingerprint density at radius 3 is 2.88 bits per heavy atom. The lowest BCUT2D eigenvalue weighted by Crippen LogP contribution is -1.75. The zero-order valence-corrected chi connectivity index (χ0v) is 12.2. The molecule has 86 valence electrons. The standard InChI is InChI=1S/C13H10BrNS2/c14-10-5-6-16-12(10)8-17-13-7-9-3-1-2-4-11(9)15-13/h1-7,15H,8H2. The summed E-state index contributed by atoms with van der Waals surface area (Å²) in [7, 11) is 0. The Morgan fingerprint density at radius 2 is 2.12 bits per heavy atom. The van der Waals surface area contributed by atoms with E-state index in [1.807, 2.05) is 11.8 Å². The molecule has 0 atom stereocenters. The molecule has 0 saturated heterocycles. The number of halogens is 1. The first-order valence-electron chi connectivity index (χ1n) is 5.25. The molecule has 0 fully saturated rings. The lowest BCUT2D eigenvalue weighted by atomic mass is 10.3. The van der Waals surface area contributed by atoms with Crippen LogP contribution < -0.4 is 0 Å². The van der Waals surface area contributed by atoms with E-state index < -0.39 is 0 Å². The average molecular weight is 324 g/mol. The predicted molar refractivity (Wildman–Crippen MR) is 79.9 cm³/mol. The molecule has 0 aliphatic carbocycles. The van der Waals surface area contributed by atoms with Crippen LogP contribution in [0.2, 0.25) is 0 Å². The van der Waals surface area contributed by atoms with Crippen LogP contribution in [0.4, 0.5) is 0 Å². The van der Waals surface area contributed by atoms with Crippen molar-refractivity contribution in [3.8, 4) is 0 Å². The van der Waals surface area contributed by atoms with Crippen LogP contribution in [-0.4, -0.2) is 4.98 Å². The van der Waals surface area contributed by atoms with Gasteiger partial charge in [-0.15, -0.1) is 23.1 Å². The Balaban J connectivity index is 1.79. The maximum absolute atomic E-state index is 3.56. The number of aromatic amines is 1. The van der Waals surface area contributed by atoms with Crippen molar-refractivity contribution in [1.29, 1.82) is 0 Å². The third kappa shape index (κ3) is 2.44. The van der Waals surface area contributed by atoms with Crippen LogP contribution >= 0.6 is 39.0 Å². The van der Waals surface area contributed by atoms with E-state index in [0.717, 1.165) is 5.75 Å². The first-order chi connectivity index (χ1) is 8.33. The van der Waals surface area contributed by atoms with Gasteiger partial charge < -0.3 is 4.98 Å². The molecule has 1 nitrogen and oxygen atoms in total. The van der Waals surface area contributed by atoms with Crippen molar-refractivity contribution in [2.45, 2.75) is 10.8 Å². The number of thiophene rings is 1. The summed E-state index contributed by atoms with van der Waals surface area (Å²) < 4.78 is 1.21. The van der Waals surface area contributed by atoms with E-state index in [1.54, 1.807) is 11.3 Å². The summed E-state index contributed by atoms with van der Waals surface area (Å²) in [5.74, 6) is 1.01. The predicted octanol–water partition coefficient (Wildman–Crippen LogP) is 5.28. The Hall–Kier alpha value is -0.710. The van der Waals surface area contributed by atoms with Gasteiger partial charge in [0.1, 0.15) is 0 Å². The number of fused-ring (bicyclic) bond motifs is 1. The highest BCUT2D eigenvalue weighted by Crippen LogP contribution is 2.31. The van der Waals surface area contributed by atoms with Gasteiger partial charge in [0.15, 0.2) is 0 Å². The number of H-pyrrole nitrogens is 1. The van der Waals surface area contributed by atoms with E-state index >= 15 is 0 Å². The fraction of sp³-hybridized carbons (Fsp3) is 0.0769. The molecule has 0 saturated carbocycles. The highest BCUT2D eigenvalue weighted by Gasteiger charge is 2.04. The van der Waals surface area contributed by atoms with Crippen LogP contribution in [0.1, 0.15) is 4.88 Å². The van der Waals surface area contributed by atoms with Crippen molar-refractivity contribution in [3.63, 3.8) is 0 Å². The molecule has 17 heavy (non-hydrogen) atoms. The summed E-state index contributed by atoms with van der Waals surface area (Å²) in [6.07, 6.45) is 0. The van der Waals surface area contributed by atoms with E-state index in [-0.39, 0.29) is 0 Å². The molecule has 2 aromatic heterocycles. The maximum atomic E-state index is 3.56. The molecule has 1 N–H and O–H groups in total. The first-order valence-corrected chi connectivity index (χ1v) is 7.91. The number of hydrogen-bond donors (Lipinski definition) is 1. The number of nitrogens with one attached hydrogen (secondary N) is 1. The van der Waals surface area contributed by atoms with Crippen molar-refractivity contribution in [3.05, 3.63) is 51.1 Å². The lowest BCUT2D eigenvalue weighted by molar-refractivity contribution is 1.23. The van der Waals surface area contributed by atoms with Crippen molar-refractivity contribution in [2.75, 3.05) is 0 Å². The number of hydrogen-bond acceptors (Lipinski definition) is 2. The molecule has 0 radical (unpaired) electrons. The van der Waals surface area contributed by atoms with Gasteiger partial charge in [0, 0.05) is 26.0 Å². The summed E-state index contributed by atoms with van der Waals surface area (Å²) in [5.41, 5.74) is 1.21. The van der Waals surface area contributed by atoms with Crippen molar-refractivity contribution in [1.82, 2.24) is 4.98 Å². The molecule has 3 aromatic rings. The van der Waals surface area contributed by atoms with Crippen LogP contribution in [-0.2, 0) is 5.75 Å². The van der Waals surface area contributed by atoms with Crippen LogP contribution in [0.5, 0.6) is 0 Å². The molecule has 0 bridgehead atoms. The van der Waals surface area contributed by atoms with Crippen LogP contribution in [0, 0.1) is 0 Å². The highest BCUT2D eigenvalue weighted by atomic mass is 79.9. The third-order valence-corrected chi connectivity index (χ3v) is 5.63. The Labute approximate surface area is 116 Å². The van der Waals surface area contributed by atoms with Gasteiger partial charge in [-0.25, -0.2) is 0 Å². The van der Waals surface area contributed by atoms with Gasteiger partial charge in [-0.3, -0.25) is 0 Å². The molecular formula is C13H10BrNS2. The monoisotopic (exact) mass is 323 g/mol. The van der Waals surface area contributed by atoms with E-state index in [0.29, 0.717) is 0 Å². The minimum atomic E-state index is 1.01. The summed E-state index contributed by atoms with van der Waals surface area (Å²) in [6.45, 7) is 0. The highest BCUT2D eigenvalue weighted by molar-refractivity contribution is 9.10. The number of thioether (sulfide) groups is 1. The smallest absolute Gasteiger partial charge is 0.0736 e. The third-order valence-electron chi connectivity index (χ3n) is 2.56. The molecule has 0 amide bonds. The fourth-order valence-electron chi connectivity index (χ4n) is 1.70. The summed E-state index contributed by atoms with van der Waals surface area (Å²) >= 11 is 7.20. The quantitative estimate of drug-likeness (QED) is 0.648. The molecule has 2 heterocycles. The number of aromatic nitrogens is 1. The van der Waals surface area contributed by atoms with Crippen LogP contribution in [0.25, 0.3) is 10.9 Å². The number of para-hydroxylation sites is 1. The SMILES string of the molecule is Brc1ccsc1CSc1cc2ccccc2[nH]1. The number of benzene rings is 1. The first kappa shape index (κ1) is 11.4. The normalized spacial score (nSPS) is 11.1.